The third kappa shape index (κ3) is 13.5. The van der Waals surface area contributed by atoms with Gasteiger partial charge in [-0.1, -0.05) is 97.5 Å². The molecule has 48 heavy (non-hydrogen) atoms. The Hall–Kier alpha value is -1.15. The van der Waals surface area contributed by atoms with Gasteiger partial charge in [0.25, 0.3) is 0 Å². The zero-order valence-corrected chi connectivity index (χ0v) is 33.9. The summed E-state index contributed by atoms with van der Waals surface area (Å²) in [6.07, 6.45) is 20.5. The van der Waals surface area contributed by atoms with Crippen molar-refractivity contribution in [3.63, 3.8) is 0 Å². The molecule has 0 amide bonds. The zero-order valence-electron chi connectivity index (χ0n) is 30.5. The number of halogens is 2. The molecule has 0 unspecified atom stereocenters. The molecule has 0 bridgehead atoms. The SMILES string of the molecule is CC1(C)CN2C(CSC(=NC3CCCCC3)NC3CCCCC3)=CSC2=N1.NC(=NCc1ccc(Cl)cc1)SCCCC1=CN=CC1.[3H][I-][3H]. The number of allylic oxidation sites excluding steroid dienone is 1. The van der Waals surface area contributed by atoms with Gasteiger partial charge in [-0.2, -0.15) is 0 Å². The average Bonchev–Trinajstić information content (AvgIpc) is 3.84. The van der Waals surface area contributed by atoms with E-state index in [1.807, 2.05) is 48.4 Å². The number of nitrogens with zero attached hydrogens (tertiary/aromatic N) is 5. The summed E-state index contributed by atoms with van der Waals surface area (Å²) in [5.74, 6) is 1.99. The Morgan fingerprint density at radius 3 is 2.56 bits per heavy atom. The summed E-state index contributed by atoms with van der Waals surface area (Å²) in [7, 11) is 0. The fourth-order valence-electron chi connectivity index (χ4n) is 6.30. The van der Waals surface area contributed by atoms with E-state index in [0.717, 1.165) is 47.9 Å². The average molecular weight is 847 g/mol. The second-order valence-corrected chi connectivity index (χ2v) is 16.9. The normalized spacial score (nSPS) is 21.6. The van der Waals surface area contributed by atoms with Crippen molar-refractivity contribution < 1.29 is 23.6 Å². The van der Waals surface area contributed by atoms with Crippen molar-refractivity contribution in [2.75, 3.05) is 18.1 Å². The molecular weight excluding hydrogens is 789 g/mol. The van der Waals surface area contributed by atoms with E-state index in [1.165, 1.54) is 85.8 Å². The fraction of sp³-hybridized carbons (Fsp3) is 0.611. The molecule has 0 radical (unpaired) electrons. The van der Waals surface area contributed by atoms with Crippen molar-refractivity contribution in [2.24, 2.45) is 25.7 Å². The minimum atomic E-state index is -0.910. The van der Waals surface area contributed by atoms with Gasteiger partial charge >= 0.3 is 24.8 Å². The number of nitrogens with one attached hydrogen (secondary N) is 1. The van der Waals surface area contributed by atoms with Crippen molar-refractivity contribution in [3.8, 4) is 0 Å². The molecule has 12 heteroatoms. The van der Waals surface area contributed by atoms with Gasteiger partial charge in [0.2, 0.25) is 0 Å². The number of hydrogen-bond donors (Lipinski definition) is 2. The molecule has 2 saturated carbocycles. The molecule has 6 rings (SSSR count). The van der Waals surface area contributed by atoms with E-state index >= 15 is 0 Å². The van der Waals surface area contributed by atoms with E-state index in [1.54, 1.807) is 23.5 Å². The molecule has 3 heterocycles. The Labute approximate surface area is 324 Å². The van der Waals surface area contributed by atoms with Gasteiger partial charge in [-0.15, -0.1) is 0 Å². The number of benzene rings is 1. The summed E-state index contributed by atoms with van der Waals surface area (Å²) in [5.41, 5.74) is 9.86. The number of fused-ring (bicyclic) bond motifs is 1. The van der Waals surface area contributed by atoms with Gasteiger partial charge in [0.1, 0.15) is 0 Å². The van der Waals surface area contributed by atoms with Crippen LogP contribution in [0.1, 0.15) is 103 Å². The number of amidine groups is 3. The van der Waals surface area contributed by atoms with Gasteiger partial charge in [-0.3, -0.25) is 20.0 Å². The first-order chi connectivity index (χ1) is 24.2. The van der Waals surface area contributed by atoms with Crippen LogP contribution in [0.2, 0.25) is 5.02 Å². The summed E-state index contributed by atoms with van der Waals surface area (Å²) in [5, 5.41) is 9.90. The second kappa shape index (κ2) is 20.6. The standard InChI is InChI=1S/C21H34N4S2.C15H18ClN3S.H2I/c1-21(2)15-25-18(14-27-20(25)24-21)13-26-19(22-16-9-5-3-6-10-16)23-17-11-7-4-8-12-17;16-14-5-3-13(4-6-14)11-19-15(17)20-9-1-2-12-7-8-18-10-12;/h14,16-17H,3-13,15H2,1-2H3,(H,22,23);3-6,8,10H,1-2,7,9,11H2,(H2,17,19);1H2/q;;-1/i;;1T2. The van der Waals surface area contributed by atoms with Crippen LogP contribution < -0.4 is 34.6 Å². The van der Waals surface area contributed by atoms with Crippen LogP contribution in [0.25, 0.3) is 0 Å². The first kappa shape index (κ1) is 36.6. The van der Waals surface area contributed by atoms with E-state index in [9.17, 15) is 0 Å². The molecular formula is C36H54ClIN7S3-. The molecule has 3 N–H and O–H groups in total. The van der Waals surface area contributed by atoms with Crippen molar-refractivity contribution in [2.45, 2.75) is 121 Å². The first-order valence-corrected chi connectivity index (χ1v) is 20.6. The molecule has 5 aliphatic rings. The van der Waals surface area contributed by atoms with E-state index < -0.39 is 23.6 Å². The summed E-state index contributed by atoms with van der Waals surface area (Å²) in [6.45, 7) is 6.07. The van der Waals surface area contributed by atoms with Crippen molar-refractivity contribution in [1.82, 2.24) is 10.2 Å². The van der Waals surface area contributed by atoms with E-state index in [2.05, 4.69) is 39.5 Å². The van der Waals surface area contributed by atoms with Crippen LogP contribution in [0.4, 0.5) is 0 Å². The van der Waals surface area contributed by atoms with Gasteiger partial charge in [0.15, 0.2) is 15.5 Å². The zero-order chi connectivity index (χ0) is 35.6. The predicted molar refractivity (Wildman–Crippen MR) is 213 cm³/mol. The number of hydrogen-bond acceptors (Lipinski definition) is 8. The number of thioether (sulfide) groups is 3. The molecule has 7 nitrogen and oxygen atoms in total. The van der Waals surface area contributed by atoms with Crippen LogP contribution >= 0.6 is 46.9 Å². The van der Waals surface area contributed by atoms with Crippen LogP contribution in [0.3, 0.4) is 0 Å². The van der Waals surface area contributed by atoms with Crippen LogP contribution in [-0.2, 0) is 6.54 Å². The second-order valence-electron chi connectivity index (χ2n) is 13.6. The third-order valence-electron chi connectivity index (χ3n) is 8.92. The molecule has 0 aromatic heterocycles. The monoisotopic (exact) mass is 846 g/mol. The minimum absolute atomic E-state index is 0.0475. The first-order valence-electron chi connectivity index (χ1n) is 18.2. The molecule has 266 valence electrons. The van der Waals surface area contributed by atoms with Gasteiger partial charge in [-0.05, 0) is 81.0 Å². The number of aliphatic imine (C=N–C) groups is 4. The van der Waals surface area contributed by atoms with Crippen molar-refractivity contribution in [3.05, 3.63) is 57.7 Å². The maximum absolute atomic E-state index is 5.98. The van der Waals surface area contributed by atoms with Crippen molar-refractivity contribution in [1.29, 1.82) is 1.19 Å². The van der Waals surface area contributed by atoms with Crippen LogP contribution in [-0.4, -0.2) is 63.5 Å². The van der Waals surface area contributed by atoms with E-state index in [4.69, 9.17) is 28.5 Å². The van der Waals surface area contributed by atoms with Gasteiger partial charge in [0.05, 0.1) is 18.1 Å². The summed E-state index contributed by atoms with van der Waals surface area (Å²) < 4.78 is 12.0. The van der Waals surface area contributed by atoms with Crippen molar-refractivity contribution >= 4 is 68.6 Å². The molecule has 0 atom stereocenters. The van der Waals surface area contributed by atoms with Crippen LogP contribution in [0.5, 0.6) is 0 Å². The fourth-order valence-corrected chi connectivity index (χ4v) is 9.25. The number of rotatable bonds is 10. The molecule has 3 aliphatic heterocycles. The molecule has 1 aromatic carbocycles. The van der Waals surface area contributed by atoms with Crippen LogP contribution in [0, 0.1) is 0 Å². The topological polar surface area (TPSA) is 90.7 Å². The molecule has 2 aliphatic carbocycles. The van der Waals surface area contributed by atoms with Gasteiger partial charge in [0, 0.05) is 53.6 Å². The Bertz CT molecular complexity index is 1380. The molecule has 1 aromatic rings. The Morgan fingerprint density at radius 1 is 1.12 bits per heavy atom. The Balaban J connectivity index is 0.000000217. The quantitative estimate of drug-likeness (QED) is 0.133. The van der Waals surface area contributed by atoms with E-state index in [0.29, 0.717) is 23.8 Å². The number of nitrogens with two attached hydrogens (primary N) is 1. The molecule has 0 saturated heterocycles. The Morgan fingerprint density at radius 2 is 1.85 bits per heavy atom. The molecule has 0 spiro atoms. The van der Waals surface area contributed by atoms with E-state index in [-0.39, 0.29) is 5.54 Å². The summed E-state index contributed by atoms with van der Waals surface area (Å²) >= 11 is 10.2. The predicted octanol–water partition coefficient (Wildman–Crippen LogP) is 5.86. The Kier molecular flexibility index (Phi) is 15.8. The van der Waals surface area contributed by atoms with Gasteiger partial charge < -0.3 is 16.0 Å². The van der Waals surface area contributed by atoms with Crippen LogP contribution in [0.15, 0.2) is 67.1 Å². The molecule has 2 fully saturated rings. The van der Waals surface area contributed by atoms with Gasteiger partial charge in [-0.25, -0.2) is 0 Å². The summed E-state index contributed by atoms with van der Waals surface area (Å²) in [6, 6.07) is 8.84. The maximum atomic E-state index is 5.98. The third-order valence-corrected chi connectivity index (χ3v) is 11.9. The summed E-state index contributed by atoms with van der Waals surface area (Å²) in [4.78, 5) is 20.9.